The first-order valence-corrected chi connectivity index (χ1v) is 7.94. The number of aliphatic hydroxyl groups excluding tert-OH is 1. The summed E-state index contributed by atoms with van der Waals surface area (Å²) in [7, 11) is 0. The van der Waals surface area contributed by atoms with Gasteiger partial charge >= 0.3 is 0 Å². The van der Waals surface area contributed by atoms with Crippen LogP contribution in [0, 0.1) is 5.92 Å². The second-order valence-electron chi connectivity index (χ2n) is 5.48. The van der Waals surface area contributed by atoms with Crippen molar-refractivity contribution in [2.24, 2.45) is 5.92 Å². The standard InChI is InChI=1S/C15H21NOS/c17-12-7-5-11(6-8-12)9-16-14-10-18-15-4-2-1-3-13(14)15/h1-4,11-12,14,16-17H,5-10H2. The molecule has 1 atom stereocenters. The summed E-state index contributed by atoms with van der Waals surface area (Å²) in [4.78, 5) is 1.44. The van der Waals surface area contributed by atoms with Gasteiger partial charge in [-0.25, -0.2) is 0 Å². The lowest BCUT2D eigenvalue weighted by Gasteiger charge is -2.26. The Morgan fingerprint density at radius 1 is 1.17 bits per heavy atom. The van der Waals surface area contributed by atoms with Crippen LogP contribution in [0.25, 0.3) is 0 Å². The quantitative estimate of drug-likeness (QED) is 0.879. The molecule has 1 aromatic carbocycles. The lowest BCUT2D eigenvalue weighted by atomic mass is 9.87. The molecule has 1 heterocycles. The van der Waals surface area contributed by atoms with E-state index in [-0.39, 0.29) is 6.10 Å². The van der Waals surface area contributed by atoms with Crippen molar-refractivity contribution >= 4 is 11.8 Å². The van der Waals surface area contributed by atoms with Crippen LogP contribution in [0.2, 0.25) is 0 Å². The Morgan fingerprint density at radius 2 is 1.94 bits per heavy atom. The van der Waals surface area contributed by atoms with Gasteiger partial charge in [-0.3, -0.25) is 0 Å². The Hall–Kier alpha value is -0.510. The SMILES string of the molecule is OC1CCC(CNC2CSc3ccccc32)CC1. The Morgan fingerprint density at radius 3 is 2.78 bits per heavy atom. The first kappa shape index (κ1) is 12.5. The monoisotopic (exact) mass is 263 g/mol. The van der Waals surface area contributed by atoms with Crippen molar-refractivity contribution in [2.45, 2.75) is 42.7 Å². The summed E-state index contributed by atoms with van der Waals surface area (Å²) in [6, 6.07) is 9.25. The third-order valence-corrected chi connectivity index (χ3v) is 5.35. The summed E-state index contributed by atoms with van der Waals surface area (Å²) in [6.07, 6.45) is 4.29. The highest BCUT2D eigenvalue weighted by Gasteiger charge is 2.24. The minimum atomic E-state index is -0.0380. The average Bonchev–Trinajstić information content (AvgIpc) is 2.82. The Bertz CT molecular complexity index is 401. The summed E-state index contributed by atoms with van der Waals surface area (Å²) in [5, 5.41) is 13.2. The van der Waals surface area contributed by atoms with E-state index in [0.29, 0.717) is 6.04 Å². The molecule has 0 radical (unpaired) electrons. The molecule has 0 bridgehead atoms. The van der Waals surface area contributed by atoms with Crippen molar-refractivity contribution in [1.29, 1.82) is 0 Å². The molecule has 2 N–H and O–H groups in total. The number of fused-ring (bicyclic) bond motifs is 1. The van der Waals surface area contributed by atoms with Crippen LogP contribution in [0.3, 0.4) is 0 Å². The Labute approximate surface area is 113 Å². The van der Waals surface area contributed by atoms with E-state index in [9.17, 15) is 5.11 Å². The molecule has 1 aliphatic heterocycles. The summed E-state index contributed by atoms with van der Waals surface area (Å²) >= 11 is 1.96. The molecular weight excluding hydrogens is 242 g/mol. The molecule has 1 aromatic rings. The first-order valence-electron chi connectivity index (χ1n) is 6.96. The Balaban J connectivity index is 1.53. The van der Waals surface area contributed by atoms with Gasteiger partial charge in [-0.2, -0.15) is 0 Å². The van der Waals surface area contributed by atoms with Gasteiger partial charge in [-0.15, -0.1) is 11.8 Å². The second kappa shape index (κ2) is 5.64. The van der Waals surface area contributed by atoms with Crippen molar-refractivity contribution < 1.29 is 5.11 Å². The smallest absolute Gasteiger partial charge is 0.0540 e. The summed E-state index contributed by atoms with van der Waals surface area (Å²) in [5.41, 5.74) is 1.47. The molecular formula is C15H21NOS. The first-order chi connectivity index (χ1) is 8.83. The van der Waals surface area contributed by atoms with Crippen molar-refractivity contribution in [1.82, 2.24) is 5.32 Å². The predicted molar refractivity (Wildman–Crippen MR) is 75.9 cm³/mol. The van der Waals surface area contributed by atoms with Gasteiger partial charge in [0, 0.05) is 16.7 Å². The van der Waals surface area contributed by atoms with Gasteiger partial charge in [0.05, 0.1) is 6.10 Å². The third-order valence-electron chi connectivity index (χ3n) is 4.17. The van der Waals surface area contributed by atoms with Crippen LogP contribution in [0.5, 0.6) is 0 Å². The lowest BCUT2D eigenvalue weighted by Crippen LogP contribution is -2.30. The number of hydrogen-bond donors (Lipinski definition) is 2. The Kier molecular flexibility index (Phi) is 3.92. The second-order valence-corrected chi connectivity index (χ2v) is 6.55. The van der Waals surface area contributed by atoms with Crippen LogP contribution >= 0.6 is 11.8 Å². The van der Waals surface area contributed by atoms with E-state index in [1.807, 2.05) is 11.8 Å². The number of aliphatic hydroxyl groups is 1. The molecule has 2 nitrogen and oxygen atoms in total. The van der Waals surface area contributed by atoms with Gasteiger partial charge in [0.25, 0.3) is 0 Å². The molecule has 0 saturated heterocycles. The fourth-order valence-corrected chi connectivity index (χ4v) is 4.18. The molecule has 3 heteroatoms. The zero-order valence-electron chi connectivity index (χ0n) is 10.6. The van der Waals surface area contributed by atoms with Crippen LogP contribution in [0.4, 0.5) is 0 Å². The molecule has 2 aliphatic rings. The molecule has 0 spiro atoms. The zero-order chi connectivity index (χ0) is 12.4. The number of hydrogen-bond acceptors (Lipinski definition) is 3. The van der Waals surface area contributed by atoms with Gasteiger partial charge in [0.1, 0.15) is 0 Å². The van der Waals surface area contributed by atoms with Crippen LogP contribution in [-0.4, -0.2) is 23.5 Å². The van der Waals surface area contributed by atoms with E-state index in [1.165, 1.54) is 23.3 Å². The van der Waals surface area contributed by atoms with Gasteiger partial charge in [-0.05, 0) is 49.8 Å². The van der Waals surface area contributed by atoms with Crippen LogP contribution in [0.15, 0.2) is 29.2 Å². The highest BCUT2D eigenvalue weighted by Crippen LogP contribution is 2.38. The normalized spacial score (nSPS) is 31.3. The highest BCUT2D eigenvalue weighted by molar-refractivity contribution is 7.99. The zero-order valence-corrected chi connectivity index (χ0v) is 11.5. The fourth-order valence-electron chi connectivity index (χ4n) is 2.99. The maximum absolute atomic E-state index is 9.51. The summed E-state index contributed by atoms with van der Waals surface area (Å²) < 4.78 is 0. The van der Waals surface area contributed by atoms with Crippen molar-refractivity contribution in [2.75, 3.05) is 12.3 Å². The number of nitrogens with one attached hydrogen (secondary N) is 1. The number of thioether (sulfide) groups is 1. The van der Waals surface area contributed by atoms with E-state index in [4.69, 9.17) is 0 Å². The molecule has 1 unspecified atom stereocenters. The maximum atomic E-state index is 9.51. The van der Waals surface area contributed by atoms with E-state index < -0.39 is 0 Å². The minimum absolute atomic E-state index is 0.0380. The minimum Gasteiger partial charge on any atom is -0.393 e. The topological polar surface area (TPSA) is 32.3 Å². The van der Waals surface area contributed by atoms with Crippen LogP contribution < -0.4 is 5.32 Å². The van der Waals surface area contributed by atoms with E-state index in [0.717, 1.165) is 31.1 Å². The molecule has 1 fully saturated rings. The van der Waals surface area contributed by atoms with Crippen molar-refractivity contribution in [3.63, 3.8) is 0 Å². The third kappa shape index (κ3) is 2.73. The van der Waals surface area contributed by atoms with E-state index in [2.05, 4.69) is 29.6 Å². The van der Waals surface area contributed by atoms with Gasteiger partial charge in [-0.1, -0.05) is 18.2 Å². The fraction of sp³-hybridized carbons (Fsp3) is 0.600. The molecule has 0 aromatic heterocycles. The molecule has 3 rings (SSSR count). The van der Waals surface area contributed by atoms with Gasteiger partial charge < -0.3 is 10.4 Å². The molecule has 18 heavy (non-hydrogen) atoms. The predicted octanol–water partition coefficient (Wildman–Crippen LogP) is 2.97. The van der Waals surface area contributed by atoms with E-state index in [1.54, 1.807) is 0 Å². The highest BCUT2D eigenvalue weighted by atomic mass is 32.2. The maximum Gasteiger partial charge on any atom is 0.0540 e. The average molecular weight is 263 g/mol. The number of benzene rings is 1. The number of rotatable bonds is 3. The van der Waals surface area contributed by atoms with Crippen molar-refractivity contribution in [3.8, 4) is 0 Å². The van der Waals surface area contributed by atoms with E-state index >= 15 is 0 Å². The van der Waals surface area contributed by atoms with Gasteiger partial charge in [0.15, 0.2) is 0 Å². The molecule has 0 amide bonds. The summed E-state index contributed by atoms with van der Waals surface area (Å²) in [6.45, 7) is 1.10. The van der Waals surface area contributed by atoms with Crippen LogP contribution in [-0.2, 0) is 0 Å². The summed E-state index contributed by atoms with van der Waals surface area (Å²) in [5.74, 6) is 1.92. The lowest BCUT2D eigenvalue weighted by molar-refractivity contribution is 0.108. The molecule has 1 saturated carbocycles. The largest absolute Gasteiger partial charge is 0.393 e. The van der Waals surface area contributed by atoms with Crippen LogP contribution in [0.1, 0.15) is 37.3 Å². The molecule has 98 valence electrons. The van der Waals surface area contributed by atoms with Gasteiger partial charge in [0.2, 0.25) is 0 Å². The molecule has 1 aliphatic carbocycles. The van der Waals surface area contributed by atoms with Crippen molar-refractivity contribution in [3.05, 3.63) is 29.8 Å².